The van der Waals surface area contributed by atoms with Gasteiger partial charge in [0.05, 0.1) is 17.3 Å². The Kier molecular flexibility index (Phi) is 6.36. The van der Waals surface area contributed by atoms with Crippen LogP contribution < -0.4 is 21.5 Å². The van der Waals surface area contributed by atoms with E-state index in [1.165, 1.54) is 16.5 Å². The predicted molar refractivity (Wildman–Crippen MR) is 132 cm³/mol. The van der Waals surface area contributed by atoms with Crippen LogP contribution in [-0.2, 0) is 0 Å². The molecule has 3 N–H and O–H groups in total. The van der Waals surface area contributed by atoms with E-state index >= 15 is 0 Å². The minimum absolute atomic E-state index is 0.0721. The Bertz CT molecular complexity index is 1280. The SMILES string of the molecule is Cc1ccc(C(Nc2c(Nc3cccc(C(=O)N(C)C)c3O)c(=O)c2=O)C(C)(C)C)cc1C. The average molecular weight is 450 g/mol. The van der Waals surface area contributed by atoms with E-state index in [-0.39, 0.29) is 45.7 Å². The van der Waals surface area contributed by atoms with Gasteiger partial charge in [-0.15, -0.1) is 0 Å². The van der Waals surface area contributed by atoms with E-state index in [0.717, 1.165) is 11.1 Å². The number of amides is 1. The molecule has 7 heteroatoms. The molecule has 0 aliphatic rings. The van der Waals surface area contributed by atoms with Crippen LogP contribution in [0.15, 0.2) is 46.0 Å². The van der Waals surface area contributed by atoms with Crippen molar-refractivity contribution in [3.05, 3.63) is 79.1 Å². The molecule has 3 aromatic rings. The number of rotatable bonds is 6. The summed E-state index contributed by atoms with van der Waals surface area (Å²) in [5.41, 5.74) is 2.28. The van der Waals surface area contributed by atoms with E-state index in [0.29, 0.717) is 0 Å². The van der Waals surface area contributed by atoms with E-state index in [1.54, 1.807) is 26.2 Å². The molecule has 0 saturated heterocycles. The Morgan fingerprint density at radius 2 is 1.61 bits per heavy atom. The van der Waals surface area contributed by atoms with Crippen LogP contribution in [0.1, 0.15) is 53.9 Å². The Morgan fingerprint density at radius 3 is 2.18 bits per heavy atom. The molecule has 0 fully saturated rings. The number of anilines is 3. The molecule has 0 radical (unpaired) electrons. The number of para-hydroxylation sites is 1. The normalized spacial score (nSPS) is 12.5. The van der Waals surface area contributed by atoms with Crippen molar-refractivity contribution in [1.82, 2.24) is 4.90 Å². The lowest BCUT2D eigenvalue weighted by Crippen LogP contribution is -2.39. The highest BCUT2D eigenvalue weighted by molar-refractivity contribution is 5.99. The number of aryl methyl sites for hydroxylation is 2. The Hall–Kier alpha value is -3.61. The first kappa shape index (κ1) is 24.0. The first-order valence-electron chi connectivity index (χ1n) is 10.8. The van der Waals surface area contributed by atoms with Crippen molar-refractivity contribution in [1.29, 1.82) is 0 Å². The minimum atomic E-state index is -0.672. The number of hydrogen-bond donors (Lipinski definition) is 3. The van der Waals surface area contributed by atoms with E-state index in [1.807, 2.05) is 26.0 Å². The van der Waals surface area contributed by atoms with Crippen molar-refractivity contribution in [3.8, 4) is 5.75 Å². The number of nitrogens with one attached hydrogen (secondary N) is 2. The van der Waals surface area contributed by atoms with E-state index in [2.05, 4.69) is 37.5 Å². The van der Waals surface area contributed by atoms with Crippen molar-refractivity contribution in [3.63, 3.8) is 0 Å². The fourth-order valence-electron chi connectivity index (χ4n) is 3.73. The molecular formula is C26H31N3O4. The van der Waals surface area contributed by atoms with Gasteiger partial charge in [0, 0.05) is 14.1 Å². The van der Waals surface area contributed by atoms with Gasteiger partial charge in [-0.3, -0.25) is 14.4 Å². The highest BCUT2D eigenvalue weighted by Gasteiger charge is 2.31. The lowest BCUT2D eigenvalue weighted by atomic mass is 9.81. The zero-order chi connectivity index (χ0) is 24.7. The number of carbonyl (C=O) groups is 1. The number of hydrogen-bond acceptors (Lipinski definition) is 6. The van der Waals surface area contributed by atoms with Crippen molar-refractivity contribution >= 4 is 23.0 Å². The molecule has 0 bridgehead atoms. The minimum Gasteiger partial charge on any atom is -0.505 e. The maximum absolute atomic E-state index is 12.5. The second-order valence-corrected chi connectivity index (χ2v) is 9.72. The third kappa shape index (κ3) is 4.62. The molecule has 7 nitrogen and oxygen atoms in total. The van der Waals surface area contributed by atoms with Gasteiger partial charge in [0.1, 0.15) is 11.4 Å². The third-order valence-corrected chi connectivity index (χ3v) is 5.86. The molecule has 33 heavy (non-hydrogen) atoms. The smallest absolute Gasteiger partial charge is 0.257 e. The molecule has 0 spiro atoms. The van der Waals surface area contributed by atoms with Gasteiger partial charge in [-0.2, -0.15) is 0 Å². The van der Waals surface area contributed by atoms with Crippen LogP contribution in [0.4, 0.5) is 17.1 Å². The summed E-state index contributed by atoms with van der Waals surface area (Å²) in [7, 11) is 3.17. The second kappa shape index (κ2) is 8.73. The van der Waals surface area contributed by atoms with Crippen LogP contribution in [0.5, 0.6) is 5.75 Å². The molecular weight excluding hydrogens is 418 g/mol. The molecule has 0 heterocycles. The first-order chi connectivity index (χ1) is 15.3. The number of benzene rings is 2. The van der Waals surface area contributed by atoms with Gasteiger partial charge < -0.3 is 20.6 Å². The second-order valence-electron chi connectivity index (χ2n) is 9.72. The van der Waals surface area contributed by atoms with Gasteiger partial charge in [0.15, 0.2) is 5.75 Å². The quantitative estimate of drug-likeness (QED) is 0.384. The Morgan fingerprint density at radius 1 is 0.970 bits per heavy atom. The largest absolute Gasteiger partial charge is 0.505 e. The summed E-state index contributed by atoms with van der Waals surface area (Å²) in [5, 5.41) is 16.7. The van der Waals surface area contributed by atoms with Gasteiger partial charge in [-0.25, -0.2) is 0 Å². The van der Waals surface area contributed by atoms with Gasteiger partial charge in [0.25, 0.3) is 16.8 Å². The summed E-state index contributed by atoms with van der Waals surface area (Å²) < 4.78 is 0. The van der Waals surface area contributed by atoms with Crippen LogP contribution >= 0.6 is 0 Å². The molecule has 0 aliphatic heterocycles. The molecule has 174 valence electrons. The first-order valence-corrected chi connectivity index (χ1v) is 10.8. The van der Waals surface area contributed by atoms with Crippen molar-refractivity contribution in [2.45, 2.75) is 40.7 Å². The lowest BCUT2D eigenvalue weighted by molar-refractivity contribution is 0.0824. The summed E-state index contributed by atoms with van der Waals surface area (Å²) in [6.07, 6.45) is 0. The molecule has 0 aromatic heterocycles. The van der Waals surface area contributed by atoms with Crippen LogP contribution in [0.25, 0.3) is 0 Å². The van der Waals surface area contributed by atoms with Crippen LogP contribution in [-0.4, -0.2) is 30.0 Å². The van der Waals surface area contributed by atoms with Gasteiger partial charge in [-0.1, -0.05) is 45.0 Å². The molecule has 1 atom stereocenters. The van der Waals surface area contributed by atoms with Gasteiger partial charge in [0.2, 0.25) is 0 Å². The highest BCUT2D eigenvalue weighted by atomic mass is 16.3. The van der Waals surface area contributed by atoms with Gasteiger partial charge >= 0.3 is 0 Å². The van der Waals surface area contributed by atoms with Crippen molar-refractivity contribution in [2.75, 3.05) is 24.7 Å². The van der Waals surface area contributed by atoms with E-state index in [9.17, 15) is 19.5 Å². The Labute approximate surface area is 193 Å². The fourth-order valence-corrected chi connectivity index (χ4v) is 3.73. The van der Waals surface area contributed by atoms with Crippen LogP contribution in [0, 0.1) is 19.3 Å². The van der Waals surface area contributed by atoms with Gasteiger partial charge in [-0.05, 0) is 48.1 Å². The summed E-state index contributed by atoms with van der Waals surface area (Å²) in [6, 6.07) is 10.6. The zero-order valence-corrected chi connectivity index (χ0v) is 20.2. The molecule has 0 saturated carbocycles. The maximum Gasteiger partial charge on any atom is 0.257 e. The summed E-state index contributed by atoms with van der Waals surface area (Å²) in [5.74, 6) is -0.654. The van der Waals surface area contributed by atoms with E-state index in [4.69, 9.17) is 0 Å². The third-order valence-electron chi connectivity index (χ3n) is 5.86. The molecule has 3 rings (SSSR count). The molecule has 1 unspecified atom stereocenters. The number of phenolic OH excluding ortho intramolecular Hbond substituents is 1. The van der Waals surface area contributed by atoms with E-state index < -0.39 is 10.9 Å². The standard InChI is InChI=1S/C26H31N3O4/c1-14-11-12-16(13-15(14)2)24(26(3,4)5)28-20-19(22(31)23(20)32)27-18-10-8-9-17(21(18)30)25(33)29(6)7/h8-13,24,27-28,30H,1-7H3. The van der Waals surface area contributed by atoms with Crippen molar-refractivity contribution < 1.29 is 9.90 Å². The number of nitrogens with zero attached hydrogens (tertiary/aromatic N) is 1. The van der Waals surface area contributed by atoms with Crippen LogP contribution in [0.3, 0.4) is 0 Å². The summed E-state index contributed by atoms with van der Waals surface area (Å²) in [6.45, 7) is 10.2. The molecule has 1 amide bonds. The maximum atomic E-state index is 12.5. The van der Waals surface area contributed by atoms with Crippen molar-refractivity contribution in [2.24, 2.45) is 5.41 Å². The molecule has 3 aromatic carbocycles. The monoisotopic (exact) mass is 449 g/mol. The van der Waals surface area contributed by atoms with Crippen LogP contribution in [0.2, 0.25) is 0 Å². The lowest BCUT2D eigenvalue weighted by Gasteiger charge is -2.34. The number of phenols is 1. The highest BCUT2D eigenvalue weighted by Crippen LogP contribution is 2.38. The Balaban J connectivity index is 1.98. The fraction of sp³-hybridized carbons (Fsp3) is 0.346. The average Bonchev–Trinajstić information content (AvgIpc) is 2.74. The predicted octanol–water partition coefficient (Wildman–Crippen LogP) is 4.25. The summed E-state index contributed by atoms with van der Waals surface area (Å²) >= 11 is 0. The topological polar surface area (TPSA) is 98.7 Å². The summed E-state index contributed by atoms with van der Waals surface area (Å²) in [4.78, 5) is 38.6. The molecule has 0 aliphatic carbocycles. The number of aromatic hydroxyl groups is 1. The zero-order valence-electron chi connectivity index (χ0n) is 20.2. The number of carbonyl (C=O) groups excluding carboxylic acids is 1.